The number of hydrogen-bond acceptors (Lipinski definition) is 3. The lowest BCUT2D eigenvalue weighted by Crippen LogP contribution is -1.97. The lowest BCUT2D eigenvalue weighted by molar-refractivity contribution is 0.276. The molecule has 1 heterocycles. The molecule has 0 saturated carbocycles. The van der Waals surface area contributed by atoms with Crippen molar-refractivity contribution in [3.8, 4) is 5.69 Å². The van der Waals surface area contributed by atoms with Gasteiger partial charge < -0.3 is 5.11 Å². The second-order valence-electron chi connectivity index (χ2n) is 3.03. The first kappa shape index (κ1) is 12.2. The Morgan fingerprint density at radius 3 is 2.31 bits per heavy atom. The van der Waals surface area contributed by atoms with Gasteiger partial charge in [0.1, 0.15) is 5.69 Å². The molecule has 0 radical (unpaired) electrons. The van der Waals surface area contributed by atoms with Crippen LogP contribution in [0.4, 0.5) is 0 Å². The molecule has 1 aromatic heterocycles. The topological polar surface area (TPSA) is 50.9 Å². The van der Waals surface area contributed by atoms with Crippen LogP contribution in [0.5, 0.6) is 0 Å². The average Bonchev–Trinajstić information content (AvgIpc) is 2.64. The zero-order chi connectivity index (χ0) is 11.7. The molecule has 7 heteroatoms. The first-order valence-electron chi connectivity index (χ1n) is 4.29. The fourth-order valence-corrected chi connectivity index (χ4v) is 3.86. The summed E-state index contributed by atoms with van der Waals surface area (Å²) in [5.41, 5.74) is 1.37. The Kier molecular flexibility index (Phi) is 3.78. The number of rotatable bonds is 2. The summed E-state index contributed by atoms with van der Waals surface area (Å²) in [6, 6.07) is 3.83. The summed E-state index contributed by atoms with van der Waals surface area (Å²) in [5.74, 6) is 0. The number of benzene rings is 1. The maximum atomic E-state index is 8.93. The summed E-state index contributed by atoms with van der Waals surface area (Å²) in [6.45, 7) is -0.119. The van der Waals surface area contributed by atoms with E-state index < -0.39 is 0 Å². The molecule has 4 nitrogen and oxygen atoms in total. The SMILES string of the molecule is OCc1cn(-c2c(Br)cc(Br)cc2Br)nn1. The molecule has 0 unspecified atom stereocenters. The number of aliphatic hydroxyl groups is 1. The van der Waals surface area contributed by atoms with E-state index in [1.807, 2.05) is 12.1 Å². The van der Waals surface area contributed by atoms with Crippen molar-refractivity contribution >= 4 is 47.8 Å². The van der Waals surface area contributed by atoms with E-state index in [1.54, 1.807) is 10.9 Å². The molecule has 0 fully saturated rings. The third-order valence-electron chi connectivity index (χ3n) is 1.91. The summed E-state index contributed by atoms with van der Waals surface area (Å²) in [5, 5.41) is 16.7. The molecule has 0 spiro atoms. The maximum absolute atomic E-state index is 8.93. The zero-order valence-electron chi connectivity index (χ0n) is 7.86. The fraction of sp³-hybridized carbons (Fsp3) is 0.111. The van der Waals surface area contributed by atoms with Crippen molar-refractivity contribution in [2.45, 2.75) is 6.61 Å². The van der Waals surface area contributed by atoms with Gasteiger partial charge in [0.15, 0.2) is 0 Å². The van der Waals surface area contributed by atoms with Crippen molar-refractivity contribution in [1.82, 2.24) is 15.0 Å². The normalized spacial score (nSPS) is 10.8. The summed E-state index contributed by atoms with van der Waals surface area (Å²) in [7, 11) is 0. The maximum Gasteiger partial charge on any atom is 0.109 e. The summed E-state index contributed by atoms with van der Waals surface area (Å²) >= 11 is 10.3. The van der Waals surface area contributed by atoms with Crippen LogP contribution in [-0.4, -0.2) is 20.1 Å². The number of nitrogens with zero attached hydrogens (tertiary/aromatic N) is 3. The van der Waals surface area contributed by atoms with Gasteiger partial charge in [0, 0.05) is 13.4 Å². The van der Waals surface area contributed by atoms with Gasteiger partial charge in [-0.3, -0.25) is 0 Å². The van der Waals surface area contributed by atoms with E-state index in [9.17, 15) is 0 Å². The largest absolute Gasteiger partial charge is 0.390 e. The number of halogens is 3. The van der Waals surface area contributed by atoms with Crippen molar-refractivity contribution in [2.24, 2.45) is 0 Å². The lowest BCUT2D eigenvalue weighted by atomic mass is 10.3. The van der Waals surface area contributed by atoms with E-state index in [-0.39, 0.29) is 6.61 Å². The molecule has 16 heavy (non-hydrogen) atoms. The van der Waals surface area contributed by atoms with Gasteiger partial charge in [-0.25, -0.2) is 4.68 Å². The van der Waals surface area contributed by atoms with Gasteiger partial charge in [-0.15, -0.1) is 5.10 Å². The minimum Gasteiger partial charge on any atom is -0.390 e. The fourth-order valence-electron chi connectivity index (χ4n) is 1.23. The quantitative estimate of drug-likeness (QED) is 0.826. The second-order valence-corrected chi connectivity index (χ2v) is 5.65. The van der Waals surface area contributed by atoms with Gasteiger partial charge in [0.05, 0.1) is 18.5 Å². The third kappa shape index (κ3) is 2.37. The van der Waals surface area contributed by atoms with E-state index in [1.165, 1.54) is 0 Å². The van der Waals surface area contributed by atoms with E-state index >= 15 is 0 Å². The Morgan fingerprint density at radius 2 is 1.81 bits per heavy atom. The standard InChI is InChI=1S/C9H6Br3N3O/c10-5-1-7(11)9(8(12)2-5)15-3-6(4-16)13-14-15/h1-3,16H,4H2. The van der Waals surface area contributed by atoms with Crippen molar-refractivity contribution in [3.05, 3.63) is 37.4 Å². The molecular weight excluding hydrogens is 406 g/mol. The zero-order valence-corrected chi connectivity index (χ0v) is 12.6. The molecule has 0 atom stereocenters. The van der Waals surface area contributed by atoms with Gasteiger partial charge in [-0.2, -0.15) is 0 Å². The Hall–Kier alpha value is -0.240. The van der Waals surface area contributed by atoms with Crippen LogP contribution in [-0.2, 0) is 6.61 Å². The van der Waals surface area contributed by atoms with Crippen LogP contribution in [0.25, 0.3) is 5.69 Å². The summed E-state index contributed by atoms with van der Waals surface area (Å²) in [4.78, 5) is 0. The summed E-state index contributed by atoms with van der Waals surface area (Å²) < 4.78 is 4.32. The Bertz CT molecular complexity index is 503. The molecule has 0 aliphatic carbocycles. The molecule has 1 N–H and O–H groups in total. The predicted molar refractivity (Wildman–Crippen MR) is 70.4 cm³/mol. The van der Waals surface area contributed by atoms with Crippen LogP contribution >= 0.6 is 47.8 Å². The third-order valence-corrected chi connectivity index (χ3v) is 3.58. The molecule has 1 aromatic carbocycles. The highest BCUT2D eigenvalue weighted by Gasteiger charge is 2.11. The minimum atomic E-state index is -0.119. The highest BCUT2D eigenvalue weighted by Crippen LogP contribution is 2.32. The van der Waals surface area contributed by atoms with Crippen LogP contribution in [0.2, 0.25) is 0 Å². The van der Waals surface area contributed by atoms with E-state index in [2.05, 4.69) is 58.1 Å². The van der Waals surface area contributed by atoms with Crippen molar-refractivity contribution in [2.75, 3.05) is 0 Å². The molecule has 0 saturated heterocycles. The molecule has 84 valence electrons. The first-order chi connectivity index (χ1) is 7.61. The second kappa shape index (κ2) is 4.95. The predicted octanol–water partition coefficient (Wildman–Crippen LogP) is 3.05. The molecule has 2 aromatic rings. The van der Waals surface area contributed by atoms with Crippen LogP contribution < -0.4 is 0 Å². The highest BCUT2D eigenvalue weighted by molar-refractivity contribution is 9.11. The molecular formula is C9H6Br3N3O. The minimum absolute atomic E-state index is 0.119. The number of aliphatic hydroxyl groups excluding tert-OH is 1. The molecule has 0 aliphatic heterocycles. The first-order valence-corrected chi connectivity index (χ1v) is 6.66. The van der Waals surface area contributed by atoms with Gasteiger partial charge in [0.2, 0.25) is 0 Å². The Morgan fingerprint density at radius 1 is 1.19 bits per heavy atom. The Labute approximate surface area is 117 Å². The van der Waals surface area contributed by atoms with E-state index in [0.717, 1.165) is 19.1 Å². The highest BCUT2D eigenvalue weighted by atomic mass is 79.9. The van der Waals surface area contributed by atoms with Crippen LogP contribution in [0.1, 0.15) is 5.69 Å². The summed E-state index contributed by atoms with van der Waals surface area (Å²) in [6.07, 6.45) is 1.68. The monoisotopic (exact) mass is 409 g/mol. The molecule has 0 aliphatic rings. The number of aromatic nitrogens is 3. The van der Waals surface area contributed by atoms with Crippen LogP contribution in [0.3, 0.4) is 0 Å². The van der Waals surface area contributed by atoms with Crippen molar-refractivity contribution < 1.29 is 5.11 Å². The average molecular weight is 412 g/mol. The molecule has 0 bridgehead atoms. The van der Waals surface area contributed by atoms with Crippen molar-refractivity contribution in [1.29, 1.82) is 0 Å². The van der Waals surface area contributed by atoms with Crippen molar-refractivity contribution in [3.63, 3.8) is 0 Å². The van der Waals surface area contributed by atoms with E-state index in [4.69, 9.17) is 5.11 Å². The number of hydrogen-bond donors (Lipinski definition) is 1. The van der Waals surface area contributed by atoms with Crippen LogP contribution in [0.15, 0.2) is 31.7 Å². The smallest absolute Gasteiger partial charge is 0.109 e. The lowest BCUT2D eigenvalue weighted by Gasteiger charge is -2.07. The van der Waals surface area contributed by atoms with Gasteiger partial charge in [-0.1, -0.05) is 21.1 Å². The molecule has 0 amide bonds. The van der Waals surface area contributed by atoms with E-state index in [0.29, 0.717) is 5.69 Å². The molecule has 2 rings (SSSR count). The van der Waals surface area contributed by atoms with Gasteiger partial charge >= 0.3 is 0 Å². The van der Waals surface area contributed by atoms with Gasteiger partial charge in [-0.05, 0) is 44.0 Å². The van der Waals surface area contributed by atoms with Crippen LogP contribution in [0, 0.1) is 0 Å². The van der Waals surface area contributed by atoms with Gasteiger partial charge in [0.25, 0.3) is 0 Å². The Balaban J connectivity index is 2.55.